The van der Waals surface area contributed by atoms with Crippen molar-refractivity contribution in [3.05, 3.63) is 28.2 Å². The molecule has 1 saturated heterocycles. The van der Waals surface area contributed by atoms with Crippen molar-refractivity contribution < 1.29 is 9.53 Å². The van der Waals surface area contributed by atoms with Crippen LogP contribution in [0.4, 0.5) is 0 Å². The maximum atomic E-state index is 12.1. The normalized spacial score (nSPS) is 15.8. The van der Waals surface area contributed by atoms with E-state index in [-0.39, 0.29) is 23.6 Å². The maximum Gasteiger partial charge on any atom is 0.239 e. The van der Waals surface area contributed by atoms with Crippen LogP contribution in [0.1, 0.15) is 44.7 Å². The lowest BCUT2D eigenvalue weighted by Gasteiger charge is -2.22. The Morgan fingerprint density at radius 3 is 2.58 bits per heavy atom. The highest BCUT2D eigenvalue weighted by Gasteiger charge is 2.15. The second-order valence-corrected chi connectivity index (χ2v) is 6.37. The lowest BCUT2D eigenvalue weighted by Crippen LogP contribution is -2.32. The third-order valence-corrected chi connectivity index (χ3v) is 4.37. The Labute approximate surface area is 143 Å². The average Bonchev–Trinajstić information content (AvgIpc) is 2.84. The van der Waals surface area contributed by atoms with Crippen molar-refractivity contribution in [2.75, 3.05) is 26.7 Å². The van der Waals surface area contributed by atoms with Gasteiger partial charge in [0.2, 0.25) is 11.3 Å². The van der Waals surface area contributed by atoms with Crippen LogP contribution in [0.2, 0.25) is 0 Å². The number of nitrogens with one attached hydrogen (secondary N) is 1. The molecular formula is C18H29N3O3. The van der Waals surface area contributed by atoms with Gasteiger partial charge in [0.15, 0.2) is 5.75 Å². The van der Waals surface area contributed by atoms with Crippen LogP contribution >= 0.6 is 0 Å². The zero-order valence-electron chi connectivity index (χ0n) is 14.8. The summed E-state index contributed by atoms with van der Waals surface area (Å²) in [5.74, 6) is 0.234. The van der Waals surface area contributed by atoms with Crippen LogP contribution in [0, 0.1) is 0 Å². The molecular weight excluding hydrogens is 306 g/mol. The van der Waals surface area contributed by atoms with Gasteiger partial charge in [0, 0.05) is 24.8 Å². The first kappa shape index (κ1) is 18.5. The van der Waals surface area contributed by atoms with Crippen LogP contribution < -0.4 is 15.5 Å². The molecule has 24 heavy (non-hydrogen) atoms. The Hall–Kier alpha value is -1.82. The van der Waals surface area contributed by atoms with Crippen LogP contribution in [-0.2, 0) is 17.9 Å². The molecule has 1 aliphatic heterocycles. The predicted octanol–water partition coefficient (Wildman–Crippen LogP) is 1.76. The first-order valence-electron chi connectivity index (χ1n) is 8.90. The Morgan fingerprint density at radius 2 is 1.96 bits per heavy atom. The van der Waals surface area contributed by atoms with Crippen molar-refractivity contribution in [2.45, 2.75) is 52.1 Å². The second kappa shape index (κ2) is 9.47. The molecule has 2 heterocycles. The first-order valence-corrected chi connectivity index (χ1v) is 8.90. The van der Waals surface area contributed by atoms with E-state index >= 15 is 0 Å². The van der Waals surface area contributed by atoms with Gasteiger partial charge in [-0.3, -0.25) is 14.5 Å². The number of amides is 1. The summed E-state index contributed by atoms with van der Waals surface area (Å²) in [5, 5.41) is 2.88. The summed E-state index contributed by atoms with van der Waals surface area (Å²) < 4.78 is 6.98. The lowest BCUT2D eigenvalue weighted by molar-refractivity contribution is -0.121. The van der Waals surface area contributed by atoms with Crippen LogP contribution in [0.3, 0.4) is 0 Å². The number of ether oxygens (including phenoxy) is 1. The molecule has 0 bridgehead atoms. The number of methoxy groups -OCH3 is 1. The Balaban J connectivity index is 2.18. The number of hydrogen-bond donors (Lipinski definition) is 1. The van der Waals surface area contributed by atoms with E-state index in [9.17, 15) is 9.59 Å². The highest BCUT2D eigenvalue weighted by atomic mass is 16.5. The standard InChI is InChI=1S/C18H29N3O3/c1-3-8-19-18(23)14-21-13-17(24-2)16(22)11-15(21)12-20-9-6-4-5-7-10-20/h11,13H,3-10,12,14H2,1-2H3,(H,19,23). The molecule has 0 aliphatic carbocycles. The fraction of sp³-hybridized carbons (Fsp3) is 0.667. The highest BCUT2D eigenvalue weighted by molar-refractivity contribution is 5.75. The van der Waals surface area contributed by atoms with E-state index in [0.29, 0.717) is 13.1 Å². The molecule has 6 heteroatoms. The molecule has 0 atom stereocenters. The van der Waals surface area contributed by atoms with Gasteiger partial charge in [0.1, 0.15) is 6.54 Å². The van der Waals surface area contributed by atoms with Crippen molar-refractivity contribution in [1.82, 2.24) is 14.8 Å². The van der Waals surface area contributed by atoms with Gasteiger partial charge >= 0.3 is 0 Å². The zero-order valence-corrected chi connectivity index (χ0v) is 14.8. The topological polar surface area (TPSA) is 63.6 Å². The number of carbonyl (C=O) groups is 1. The molecule has 1 aromatic heterocycles. The van der Waals surface area contributed by atoms with Crippen molar-refractivity contribution in [3.8, 4) is 5.75 Å². The van der Waals surface area contributed by atoms with Crippen LogP contribution in [0.5, 0.6) is 5.75 Å². The van der Waals surface area contributed by atoms with E-state index < -0.39 is 0 Å². The van der Waals surface area contributed by atoms with E-state index in [1.165, 1.54) is 32.8 Å². The maximum absolute atomic E-state index is 12.1. The predicted molar refractivity (Wildman–Crippen MR) is 94.3 cm³/mol. The van der Waals surface area contributed by atoms with Gasteiger partial charge in [-0.15, -0.1) is 0 Å². The fourth-order valence-corrected chi connectivity index (χ4v) is 3.03. The van der Waals surface area contributed by atoms with Crippen molar-refractivity contribution in [1.29, 1.82) is 0 Å². The van der Waals surface area contributed by atoms with E-state index in [1.807, 2.05) is 11.5 Å². The Bertz CT molecular complexity index is 590. The monoisotopic (exact) mass is 335 g/mol. The number of carbonyl (C=O) groups excluding carboxylic acids is 1. The minimum atomic E-state index is -0.132. The molecule has 2 rings (SSSR count). The van der Waals surface area contributed by atoms with Gasteiger partial charge in [0.05, 0.1) is 13.3 Å². The SMILES string of the molecule is CCCNC(=O)Cn1cc(OC)c(=O)cc1CN1CCCCCC1. The molecule has 1 aromatic rings. The molecule has 1 amide bonds. The summed E-state index contributed by atoms with van der Waals surface area (Å²) in [7, 11) is 1.48. The molecule has 0 aromatic carbocycles. The zero-order chi connectivity index (χ0) is 17.4. The molecule has 1 aliphatic rings. The van der Waals surface area contributed by atoms with Gasteiger partial charge in [-0.05, 0) is 32.4 Å². The molecule has 0 saturated carbocycles. The van der Waals surface area contributed by atoms with E-state index in [2.05, 4.69) is 10.2 Å². The molecule has 134 valence electrons. The number of nitrogens with zero attached hydrogens (tertiary/aromatic N) is 2. The number of hydrogen-bond acceptors (Lipinski definition) is 4. The quantitative estimate of drug-likeness (QED) is 0.825. The number of aromatic nitrogens is 1. The largest absolute Gasteiger partial charge is 0.491 e. The molecule has 0 spiro atoms. The van der Waals surface area contributed by atoms with Crippen LogP contribution in [0.25, 0.3) is 0 Å². The summed E-state index contributed by atoms with van der Waals surface area (Å²) in [4.78, 5) is 26.6. The second-order valence-electron chi connectivity index (χ2n) is 6.37. The first-order chi connectivity index (χ1) is 11.6. The third kappa shape index (κ3) is 5.37. The van der Waals surface area contributed by atoms with Crippen LogP contribution in [0.15, 0.2) is 17.1 Å². The highest BCUT2D eigenvalue weighted by Crippen LogP contribution is 2.14. The fourth-order valence-electron chi connectivity index (χ4n) is 3.03. The summed E-state index contributed by atoms with van der Waals surface area (Å²) in [5.41, 5.74) is 0.738. The summed E-state index contributed by atoms with van der Waals surface area (Å²) >= 11 is 0. The van der Waals surface area contributed by atoms with Gasteiger partial charge in [0.25, 0.3) is 0 Å². The lowest BCUT2D eigenvalue weighted by atomic mass is 10.2. The van der Waals surface area contributed by atoms with Crippen molar-refractivity contribution in [3.63, 3.8) is 0 Å². The van der Waals surface area contributed by atoms with Crippen LogP contribution in [-0.4, -0.2) is 42.1 Å². The molecule has 0 radical (unpaired) electrons. The summed E-state index contributed by atoms with van der Waals surface area (Å²) in [6.07, 6.45) is 7.48. The summed E-state index contributed by atoms with van der Waals surface area (Å²) in [6, 6.07) is 1.61. The van der Waals surface area contributed by atoms with Crippen molar-refractivity contribution >= 4 is 5.91 Å². The smallest absolute Gasteiger partial charge is 0.239 e. The minimum Gasteiger partial charge on any atom is -0.491 e. The number of likely N-dealkylation sites (tertiary alicyclic amines) is 1. The van der Waals surface area contributed by atoms with Gasteiger partial charge in [-0.1, -0.05) is 19.8 Å². The minimum absolute atomic E-state index is 0.0420. The Morgan fingerprint density at radius 1 is 1.25 bits per heavy atom. The van der Waals surface area contributed by atoms with Crippen molar-refractivity contribution in [2.24, 2.45) is 0 Å². The molecule has 1 fully saturated rings. The van der Waals surface area contributed by atoms with E-state index in [0.717, 1.165) is 25.2 Å². The average molecular weight is 335 g/mol. The third-order valence-electron chi connectivity index (χ3n) is 4.37. The number of pyridine rings is 1. The number of rotatable bonds is 7. The molecule has 0 unspecified atom stereocenters. The Kier molecular flexibility index (Phi) is 7.31. The van der Waals surface area contributed by atoms with Gasteiger partial charge in [-0.2, -0.15) is 0 Å². The van der Waals surface area contributed by atoms with E-state index in [1.54, 1.807) is 12.3 Å². The van der Waals surface area contributed by atoms with Gasteiger partial charge < -0.3 is 14.6 Å². The summed E-state index contributed by atoms with van der Waals surface area (Å²) in [6.45, 7) is 5.68. The molecule has 1 N–H and O–H groups in total. The van der Waals surface area contributed by atoms with E-state index in [4.69, 9.17) is 4.74 Å². The molecule has 6 nitrogen and oxygen atoms in total. The van der Waals surface area contributed by atoms with Gasteiger partial charge in [-0.25, -0.2) is 0 Å².